The molecule has 0 radical (unpaired) electrons. The molecule has 4 rings (SSSR count). The molecule has 0 bridgehead atoms. The third-order valence-electron chi connectivity index (χ3n) is 5.10. The number of halogens is 1. The van der Waals surface area contributed by atoms with E-state index in [2.05, 4.69) is 9.97 Å². The number of nitrogens with two attached hydrogens (primary N) is 1. The fourth-order valence-corrected chi connectivity index (χ4v) is 3.59. The second-order valence-corrected chi connectivity index (χ2v) is 6.92. The molecular weight excluding hydrogens is 375 g/mol. The predicted octanol–water partition coefficient (Wildman–Crippen LogP) is 1.98. The van der Waals surface area contributed by atoms with Crippen LogP contribution in [0.2, 0.25) is 0 Å². The molecule has 7 nitrogen and oxygen atoms in total. The Balaban J connectivity index is 1.64. The number of hydrogen-bond acceptors (Lipinski definition) is 5. The van der Waals surface area contributed by atoms with Crippen LogP contribution in [0.25, 0.3) is 0 Å². The molecule has 2 N–H and O–H groups in total. The summed E-state index contributed by atoms with van der Waals surface area (Å²) in [5.74, 6) is -0.546. The minimum atomic E-state index is -0.758. The first-order chi connectivity index (χ1) is 14.0. The van der Waals surface area contributed by atoms with E-state index in [4.69, 9.17) is 10.5 Å². The monoisotopic (exact) mass is 394 g/mol. The summed E-state index contributed by atoms with van der Waals surface area (Å²) in [5, 5.41) is 0. The molecule has 3 aromatic rings. The largest absolute Gasteiger partial charge is 0.366 e. The van der Waals surface area contributed by atoms with Crippen LogP contribution in [-0.4, -0.2) is 27.0 Å². The van der Waals surface area contributed by atoms with Crippen LogP contribution in [0.5, 0.6) is 0 Å². The van der Waals surface area contributed by atoms with Crippen molar-refractivity contribution in [1.29, 1.82) is 0 Å². The summed E-state index contributed by atoms with van der Waals surface area (Å²) in [4.78, 5) is 32.0. The molecule has 2 aromatic heterocycles. The maximum atomic E-state index is 13.4. The van der Waals surface area contributed by atoms with Crippen LogP contribution in [0.3, 0.4) is 0 Å². The number of nitrogens with zero attached hydrogens (tertiary/aromatic N) is 3. The van der Waals surface area contributed by atoms with Crippen molar-refractivity contribution in [3.8, 4) is 0 Å². The maximum absolute atomic E-state index is 13.4. The zero-order chi connectivity index (χ0) is 20.4. The molecule has 1 saturated heterocycles. The van der Waals surface area contributed by atoms with Gasteiger partial charge in [-0.1, -0.05) is 12.1 Å². The van der Waals surface area contributed by atoms with E-state index in [-0.39, 0.29) is 23.5 Å². The van der Waals surface area contributed by atoms with Crippen molar-refractivity contribution in [3.63, 3.8) is 0 Å². The molecule has 29 heavy (non-hydrogen) atoms. The van der Waals surface area contributed by atoms with Gasteiger partial charge in [0.15, 0.2) is 0 Å². The first-order valence-corrected chi connectivity index (χ1v) is 9.20. The molecule has 3 heterocycles. The maximum Gasteiger partial charge on any atom is 0.251 e. The summed E-state index contributed by atoms with van der Waals surface area (Å²) in [5.41, 5.74) is 5.94. The topological polar surface area (TPSA) is 100 Å². The van der Waals surface area contributed by atoms with Crippen molar-refractivity contribution in [2.45, 2.75) is 25.0 Å². The average molecular weight is 394 g/mol. The van der Waals surface area contributed by atoms with Gasteiger partial charge in [0.1, 0.15) is 17.2 Å². The Morgan fingerprint density at radius 1 is 1.17 bits per heavy atom. The fraction of sp³-hybridized carbons (Fsp3) is 0.238. The molecule has 1 fully saturated rings. The minimum Gasteiger partial charge on any atom is -0.366 e. The molecule has 1 amide bonds. The second-order valence-electron chi connectivity index (χ2n) is 6.92. The highest BCUT2D eigenvalue weighted by molar-refractivity contribution is 5.92. The van der Waals surface area contributed by atoms with Gasteiger partial charge in [-0.2, -0.15) is 0 Å². The number of carbonyl (C=O) groups is 1. The lowest BCUT2D eigenvalue weighted by molar-refractivity contribution is 0.0357. The van der Waals surface area contributed by atoms with Crippen molar-refractivity contribution in [3.05, 3.63) is 93.7 Å². The van der Waals surface area contributed by atoms with Crippen LogP contribution in [0, 0.1) is 5.82 Å². The van der Waals surface area contributed by atoms with Gasteiger partial charge in [0.25, 0.3) is 11.5 Å². The van der Waals surface area contributed by atoms with Crippen molar-refractivity contribution in [1.82, 2.24) is 14.5 Å². The van der Waals surface area contributed by atoms with Gasteiger partial charge in [0.05, 0.1) is 12.1 Å². The molecule has 1 aliphatic rings. The Labute approximate surface area is 166 Å². The van der Waals surface area contributed by atoms with Gasteiger partial charge >= 0.3 is 0 Å². The average Bonchev–Trinajstić information content (AvgIpc) is 3.21. The Kier molecular flexibility index (Phi) is 4.94. The normalized spacial score (nSPS) is 18.7. The van der Waals surface area contributed by atoms with E-state index in [1.54, 1.807) is 18.3 Å². The number of ether oxygens (including phenoxy) is 1. The second kappa shape index (κ2) is 7.56. The van der Waals surface area contributed by atoms with E-state index in [1.807, 2.05) is 6.07 Å². The Hall–Kier alpha value is -3.39. The number of hydrogen-bond donors (Lipinski definition) is 1. The Morgan fingerprint density at radius 2 is 1.90 bits per heavy atom. The molecule has 148 valence electrons. The smallest absolute Gasteiger partial charge is 0.251 e. The third-order valence-corrected chi connectivity index (χ3v) is 5.10. The first-order valence-electron chi connectivity index (χ1n) is 9.20. The van der Waals surface area contributed by atoms with Gasteiger partial charge in [-0.15, -0.1) is 0 Å². The van der Waals surface area contributed by atoms with E-state index >= 15 is 0 Å². The van der Waals surface area contributed by atoms with Crippen LogP contribution < -0.4 is 11.3 Å². The number of pyridine rings is 1. The van der Waals surface area contributed by atoms with Gasteiger partial charge in [-0.3, -0.25) is 9.59 Å². The minimum absolute atomic E-state index is 0.155. The van der Waals surface area contributed by atoms with Gasteiger partial charge in [0, 0.05) is 31.3 Å². The quantitative estimate of drug-likeness (QED) is 0.713. The molecule has 1 unspecified atom stereocenters. The van der Waals surface area contributed by atoms with Crippen molar-refractivity contribution in [2.24, 2.45) is 5.73 Å². The van der Waals surface area contributed by atoms with Gasteiger partial charge < -0.3 is 15.0 Å². The van der Waals surface area contributed by atoms with Crippen LogP contribution in [-0.2, 0) is 16.9 Å². The van der Waals surface area contributed by atoms with Crippen LogP contribution >= 0.6 is 0 Å². The molecule has 1 aromatic carbocycles. The number of benzene rings is 1. The SMILES string of the molecule is NC(=O)c1cnc(Cn2ccc(C3(c4ccc(F)cc4)CCCO3)cc2=O)nc1. The van der Waals surface area contributed by atoms with Crippen LogP contribution in [0.4, 0.5) is 4.39 Å². The fourth-order valence-electron chi connectivity index (χ4n) is 3.59. The highest BCUT2D eigenvalue weighted by atomic mass is 19.1. The number of rotatable bonds is 5. The van der Waals surface area contributed by atoms with Crippen molar-refractivity contribution >= 4 is 5.91 Å². The number of carbonyl (C=O) groups excluding carboxylic acids is 1. The van der Waals surface area contributed by atoms with E-state index in [1.165, 1.54) is 35.2 Å². The predicted molar refractivity (Wildman–Crippen MR) is 103 cm³/mol. The summed E-state index contributed by atoms with van der Waals surface area (Å²) < 4.78 is 20.9. The lowest BCUT2D eigenvalue weighted by Gasteiger charge is -2.29. The highest BCUT2D eigenvalue weighted by Gasteiger charge is 2.39. The van der Waals surface area contributed by atoms with E-state index in [0.717, 1.165) is 17.5 Å². The molecule has 0 saturated carbocycles. The van der Waals surface area contributed by atoms with Crippen molar-refractivity contribution < 1.29 is 13.9 Å². The Morgan fingerprint density at radius 3 is 2.48 bits per heavy atom. The standard InChI is InChI=1S/C21H19FN4O3/c22-17-4-2-15(3-5-17)21(7-1-9-29-21)16-6-8-26(19(27)10-16)13-18-24-11-14(12-25-18)20(23)28/h2-6,8,10-12H,1,7,9,13H2,(H2,23,28). The number of aromatic nitrogens is 3. The van der Waals surface area contributed by atoms with Gasteiger partial charge in [0.2, 0.25) is 0 Å². The molecule has 0 aliphatic carbocycles. The molecule has 1 atom stereocenters. The van der Waals surface area contributed by atoms with E-state index in [9.17, 15) is 14.0 Å². The number of amides is 1. The lowest BCUT2D eigenvalue weighted by Crippen LogP contribution is -2.30. The van der Waals surface area contributed by atoms with Gasteiger partial charge in [-0.25, -0.2) is 14.4 Å². The van der Waals surface area contributed by atoms with Crippen molar-refractivity contribution in [2.75, 3.05) is 6.61 Å². The highest BCUT2D eigenvalue weighted by Crippen LogP contribution is 2.41. The summed E-state index contributed by atoms with van der Waals surface area (Å²) in [6.45, 7) is 0.725. The van der Waals surface area contributed by atoms with Gasteiger partial charge in [-0.05, 0) is 42.2 Å². The molecule has 1 aliphatic heterocycles. The van der Waals surface area contributed by atoms with Crippen LogP contribution in [0.1, 0.15) is 40.2 Å². The zero-order valence-corrected chi connectivity index (χ0v) is 15.5. The molecule has 0 spiro atoms. The molecular formula is C21H19FN4O3. The lowest BCUT2D eigenvalue weighted by atomic mass is 9.84. The zero-order valence-electron chi connectivity index (χ0n) is 15.5. The van der Waals surface area contributed by atoms with Crippen LogP contribution in [0.15, 0.2) is 59.8 Å². The number of primary amides is 1. The van der Waals surface area contributed by atoms with E-state index in [0.29, 0.717) is 18.9 Å². The molecule has 8 heteroatoms. The summed E-state index contributed by atoms with van der Waals surface area (Å²) >= 11 is 0. The third kappa shape index (κ3) is 3.66. The summed E-state index contributed by atoms with van der Waals surface area (Å²) in [6, 6.07) is 9.54. The Bertz CT molecular complexity index is 1090. The van der Waals surface area contributed by atoms with E-state index < -0.39 is 11.5 Å². The summed E-state index contributed by atoms with van der Waals surface area (Å²) in [6.07, 6.45) is 5.89. The first kappa shape index (κ1) is 18.9. The summed E-state index contributed by atoms with van der Waals surface area (Å²) in [7, 11) is 0.